The molecule has 3 saturated carbocycles. The number of carbonyl (C=O) groups excluding carboxylic acids is 4. The summed E-state index contributed by atoms with van der Waals surface area (Å²) in [7, 11) is 0. The summed E-state index contributed by atoms with van der Waals surface area (Å²) in [6.45, 7) is 15.1. The summed E-state index contributed by atoms with van der Waals surface area (Å²) in [5.41, 5.74) is 1.94. The van der Waals surface area contributed by atoms with E-state index in [9.17, 15) is 24.3 Å². The van der Waals surface area contributed by atoms with Crippen LogP contribution in [0.5, 0.6) is 0 Å². The maximum absolute atomic E-state index is 14.2. The number of benzene rings is 3. The molecule has 9 heteroatoms. The van der Waals surface area contributed by atoms with Gasteiger partial charge in [0.15, 0.2) is 12.4 Å². The monoisotopic (exact) mass is 783 g/mol. The first-order valence-electron chi connectivity index (χ1n) is 21.1. The highest BCUT2D eigenvalue weighted by Crippen LogP contribution is 2.66. The van der Waals surface area contributed by atoms with Gasteiger partial charge in [0.25, 0.3) is 0 Å². The molecular weight excluding hydrogens is 729 g/mol. The Bertz CT molecular complexity index is 2450. The molecular formula is C49H55N2O7+. The van der Waals surface area contributed by atoms with E-state index >= 15 is 0 Å². The van der Waals surface area contributed by atoms with Gasteiger partial charge in [-0.3, -0.25) is 14.4 Å². The van der Waals surface area contributed by atoms with Gasteiger partial charge in [0.2, 0.25) is 11.1 Å². The largest absolute Gasteiger partial charge is 0.456 e. The molecule has 0 saturated heterocycles. The second-order valence-electron chi connectivity index (χ2n) is 17.2. The lowest BCUT2D eigenvalue weighted by atomic mass is 9.46. The average molecular weight is 784 g/mol. The van der Waals surface area contributed by atoms with Crippen LogP contribution in [0.1, 0.15) is 84.0 Å². The lowest BCUT2D eigenvalue weighted by molar-refractivity contribution is -0.169. The van der Waals surface area contributed by atoms with E-state index in [1.165, 1.54) is 0 Å². The summed E-state index contributed by atoms with van der Waals surface area (Å²) in [5, 5.41) is 14.2. The molecule has 1 aliphatic heterocycles. The molecule has 1 N–H and O–H groups in total. The number of allylic oxidation sites excluding steroid dienone is 4. The molecule has 9 nitrogen and oxygen atoms in total. The molecule has 3 fully saturated rings. The van der Waals surface area contributed by atoms with Gasteiger partial charge < -0.3 is 19.2 Å². The number of carbonyl (C=O) groups is 4. The first-order valence-corrected chi connectivity index (χ1v) is 21.1. The molecule has 6 atom stereocenters. The van der Waals surface area contributed by atoms with Gasteiger partial charge in [-0.05, 0) is 107 Å². The van der Waals surface area contributed by atoms with E-state index in [-0.39, 0.29) is 42.2 Å². The van der Waals surface area contributed by atoms with Gasteiger partial charge >= 0.3 is 5.97 Å². The van der Waals surface area contributed by atoms with Crippen LogP contribution in [0, 0.1) is 28.6 Å². The molecule has 0 amide bonds. The van der Waals surface area contributed by atoms with E-state index in [1.54, 1.807) is 24.3 Å². The lowest BCUT2D eigenvalue weighted by Crippen LogP contribution is -2.60. The topological polar surface area (TPSA) is 117 Å². The van der Waals surface area contributed by atoms with Crippen LogP contribution in [0.4, 0.5) is 5.69 Å². The van der Waals surface area contributed by atoms with Crippen LogP contribution in [-0.4, -0.2) is 66.8 Å². The molecule has 58 heavy (non-hydrogen) atoms. The third kappa shape index (κ3) is 6.11. The highest BCUT2D eigenvalue weighted by Gasteiger charge is 2.68. The van der Waals surface area contributed by atoms with Crippen molar-refractivity contribution in [2.75, 3.05) is 37.7 Å². The third-order valence-electron chi connectivity index (χ3n) is 14.6. The fourth-order valence-corrected chi connectivity index (χ4v) is 11.4. The van der Waals surface area contributed by atoms with Crippen molar-refractivity contribution in [2.24, 2.45) is 28.6 Å². The lowest BCUT2D eigenvalue weighted by Gasteiger charge is -2.56. The smallest absolute Gasteiger partial charge is 0.339 e. The Morgan fingerprint density at radius 1 is 0.948 bits per heavy atom. The van der Waals surface area contributed by atoms with E-state index in [1.807, 2.05) is 44.2 Å². The predicted octanol–water partition coefficient (Wildman–Crippen LogP) is 7.81. The van der Waals surface area contributed by atoms with E-state index in [0.29, 0.717) is 35.3 Å². The standard InChI is InChI=1S/C49H55N2O7/c1-7-50(8-2)31-16-19-37-41(26-31)58-42-27-32(51(9-3)10-4)17-20-38(42)44(37)34-13-11-12-14-35(34)46(55)57-29-43(54)49(56)24-22-39-36-18-15-30-25-33(52)21-23-47(30,5)45(36)40(53)28-48(39,49)6/h11-14,16-17,19-21,23,25-27,36,39,45,56H,7-10,15,18,22,24,28-29H2,1-6H3/q+1/t36-,39-,45+,47+,48-,49-/m0/s1. The van der Waals surface area contributed by atoms with Crippen molar-refractivity contribution in [1.29, 1.82) is 0 Å². The fourth-order valence-electron chi connectivity index (χ4n) is 11.4. The zero-order valence-electron chi connectivity index (χ0n) is 34.6. The number of ether oxygens (including phenoxy) is 1. The maximum Gasteiger partial charge on any atom is 0.339 e. The molecule has 0 spiro atoms. The van der Waals surface area contributed by atoms with Crippen molar-refractivity contribution in [1.82, 2.24) is 4.58 Å². The van der Waals surface area contributed by atoms with Gasteiger partial charge in [0.05, 0.1) is 11.6 Å². The van der Waals surface area contributed by atoms with Crippen molar-refractivity contribution in [2.45, 2.75) is 79.2 Å². The number of fused-ring (bicyclic) bond motifs is 7. The zero-order valence-corrected chi connectivity index (χ0v) is 34.6. The molecule has 0 bridgehead atoms. The zero-order chi connectivity index (χ0) is 41.1. The van der Waals surface area contributed by atoms with E-state index in [4.69, 9.17) is 9.15 Å². The van der Waals surface area contributed by atoms with E-state index in [2.05, 4.69) is 61.4 Å². The average Bonchev–Trinajstić information content (AvgIpc) is 3.49. The van der Waals surface area contributed by atoms with Gasteiger partial charge in [-0.15, -0.1) is 0 Å². The molecule has 6 aliphatic rings. The molecule has 0 unspecified atom stereocenters. The van der Waals surface area contributed by atoms with Crippen molar-refractivity contribution >= 4 is 40.0 Å². The van der Waals surface area contributed by atoms with Gasteiger partial charge in [0, 0.05) is 70.6 Å². The van der Waals surface area contributed by atoms with Crippen LogP contribution >= 0.6 is 0 Å². The summed E-state index contributed by atoms with van der Waals surface area (Å²) >= 11 is 0. The van der Waals surface area contributed by atoms with Crippen molar-refractivity contribution < 1.29 is 33.4 Å². The van der Waals surface area contributed by atoms with Crippen LogP contribution in [0.25, 0.3) is 33.4 Å². The maximum atomic E-state index is 14.2. The number of hydrogen-bond donors (Lipinski definition) is 1. The van der Waals surface area contributed by atoms with Crippen LogP contribution in [0.15, 0.2) is 88.9 Å². The van der Waals surface area contributed by atoms with Crippen molar-refractivity contribution in [3.63, 3.8) is 0 Å². The van der Waals surface area contributed by atoms with Crippen LogP contribution in [-0.2, 0) is 19.1 Å². The van der Waals surface area contributed by atoms with Gasteiger partial charge in [-0.1, -0.05) is 43.7 Å². The molecule has 5 aliphatic carbocycles. The predicted molar refractivity (Wildman–Crippen MR) is 225 cm³/mol. The SMILES string of the molecule is CCN(CC)c1ccc2c(-c3ccccc3C(=O)OCC(=O)[C@@]3(O)CC[C@H]4[C@@H]5CCC6=CC(=O)C=C[C@@]6(C)[C@H]5C(=O)C[C@@]43C)c3ccc(=[N+](CC)CC)cc-3oc2c1. The molecule has 2 aromatic carbocycles. The van der Waals surface area contributed by atoms with Crippen LogP contribution < -0.4 is 14.8 Å². The van der Waals surface area contributed by atoms with Crippen LogP contribution in [0.2, 0.25) is 0 Å². The summed E-state index contributed by atoms with van der Waals surface area (Å²) in [6, 6.07) is 19.6. The first-order chi connectivity index (χ1) is 27.8. The first kappa shape index (κ1) is 39.7. The Morgan fingerprint density at radius 3 is 2.45 bits per heavy atom. The van der Waals surface area contributed by atoms with Crippen molar-refractivity contribution in [3.05, 3.63) is 95.4 Å². The van der Waals surface area contributed by atoms with Gasteiger partial charge in [0.1, 0.15) is 35.8 Å². The highest BCUT2D eigenvalue weighted by molar-refractivity contribution is 6.08. The summed E-state index contributed by atoms with van der Waals surface area (Å²) in [4.78, 5) is 57.0. The Hall–Kier alpha value is -5.15. The summed E-state index contributed by atoms with van der Waals surface area (Å²) < 4.78 is 14.8. The number of hydrogen-bond acceptors (Lipinski definition) is 8. The minimum absolute atomic E-state index is 0.0115. The van der Waals surface area contributed by atoms with E-state index in [0.717, 1.165) is 65.7 Å². The Kier molecular flexibility index (Phi) is 10.2. The second kappa shape index (κ2) is 14.9. The molecule has 1 heterocycles. The van der Waals surface area contributed by atoms with Gasteiger partial charge in [-0.2, -0.15) is 0 Å². The Labute approximate surface area is 340 Å². The number of ketones is 3. The number of rotatable bonds is 10. The fraction of sp³-hybridized carbons (Fsp3) is 0.449. The number of esters is 1. The molecule has 0 aromatic heterocycles. The molecule has 2 aromatic rings. The molecule has 8 rings (SSSR count). The minimum atomic E-state index is -1.83. The normalized spacial score (nSPS) is 27.5. The molecule has 0 radical (unpaired) electrons. The van der Waals surface area contributed by atoms with Crippen LogP contribution in [0.3, 0.4) is 0 Å². The third-order valence-corrected chi connectivity index (χ3v) is 14.6. The quantitative estimate of drug-likeness (QED) is 0.0985. The number of nitrogens with zero attached hydrogens (tertiary/aromatic N) is 2. The Balaban J connectivity index is 1.11. The molecule has 302 valence electrons. The Morgan fingerprint density at radius 2 is 1.71 bits per heavy atom. The number of anilines is 1. The van der Waals surface area contributed by atoms with E-state index < -0.39 is 34.8 Å². The number of Topliss-reactive ketones (excluding diaryl/α,β-unsaturated/α-hetero) is 2. The van der Waals surface area contributed by atoms with Crippen molar-refractivity contribution in [3.8, 4) is 22.5 Å². The highest BCUT2D eigenvalue weighted by atomic mass is 16.5. The summed E-state index contributed by atoms with van der Waals surface area (Å²) in [5.74, 6) is -1.02. The summed E-state index contributed by atoms with van der Waals surface area (Å²) in [6.07, 6.45) is 7.41. The number of aliphatic hydroxyl groups is 1. The second-order valence-corrected chi connectivity index (χ2v) is 17.2. The minimum Gasteiger partial charge on any atom is -0.456 e. The van der Waals surface area contributed by atoms with Gasteiger partial charge in [-0.25, -0.2) is 9.37 Å².